The first-order valence-electron chi connectivity index (χ1n) is 13.0. The molecule has 11 heteroatoms. The monoisotopic (exact) mass is 585 g/mol. The molecule has 0 atom stereocenters. The van der Waals surface area contributed by atoms with Gasteiger partial charge in [-0.3, -0.25) is 14.7 Å². The Morgan fingerprint density at radius 2 is 1.73 bits per heavy atom. The molecule has 0 aliphatic carbocycles. The average molecular weight is 586 g/mol. The summed E-state index contributed by atoms with van der Waals surface area (Å²) in [5.41, 5.74) is 3.15. The van der Waals surface area contributed by atoms with E-state index in [4.69, 9.17) is 21.3 Å². The standard InChI is InChI=1S/C29H33ClFN5O3S/c1-17-26-24(34-33-17)14-23(32-27(26)39-21-15-28(2,3)36(6)29(4,5)16-21)18-7-10-20(11-8-18)35-40(37,38)25-13-19(30)9-12-22(25)31/h7-14,21,35H,15-16H2,1-6H3,(H,33,34). The van der Waals surface area contributed by atoms with Crippen molar-refractivity contribution in [1.29, 1.82) is 0 Å². The quantitative estimate of drug-likeness (QED) is 0.266. The second kappa shape index (κ2) is 10.0. The Labute approximate surface area is 239 Å². The zero-order valence-corrected chi connectivity index (χ0v) is 24.9. The number of sulfonamides is 1. The molecular weight excluding hydrogens is 553 g/mol. The Morgan fingerprint density at radius 3 is 2.38 bits per heavy atom. The highest BCUT2D eigenvalue weighted by Gasteiger charge is 2.44. The number of nitrogens with one attached hydrogen (secondary N) is 2. The van der Waals surface area contributed by atoms with E-state index in [2.05, 4.69) is 54.6 Å². The van der Waals surface area contributed by atoms with Crippen molar-refractivity contribution in [2.24, 2.45) is 0 Å². The lowest BCUT2D eigenvalue weighted by Gasteiger charge is -2.53. The number of ether oxygens (including phenoxy) is 1. The maximum absolute atomic E-state index is 14.2. The molecule has 0 amide bonds. The van der Waals surface area contributed by atoms with Gasteiger partial charge in [0.05, 0.1) is 16.6 Å². The summed E-state index contributed by atoms with van der Waals surface area (Å²) >= 11 is 5.88. The number of aromatic amines is 1. The van der Waals surface area contributed by atoms with Crippen LogP contribution in [0.3, 0.4) is 0 Å². The number of aryl methyl sites for hydroxylation is 1. The first kappa shape index (κ1) is 28.3. The van der Waals surface area contributed by atoms with Gasteiger partial charge < -0.3 is 4.74 Å². The van der Waals surface area contributed by atoms with E-state index in [0.717, 1.165) is 47.1 Å². The third-order valence-electron chi connectivity index (χ3n) is 7.85. The van der Waals surface area contributed by atoms with Crippen LogP contribution in [0, 0.1) is 12.7 Å². The van der Waals surface area contributed by atoms with Crippen LogP contribution in [0.5, 0.6) is 5.88 Å². The molecule has 0 bridgehead atoms. The molecule has 212 valence electrons. The first-order valence-corrected chi connectivity index (χ1v) is 14.9. The molecular formula is C29H33ClFN5O3S. The highest BCUT2D eigenvalue weighted by atomic mass is 35.5. The second-order valence-electron chi connectivity index (χ2n) is 11.6. The van der Waals surface area contributed by atoms with E-state index >= 15 is 0 Å². The lowest BCUT2D eigenvalue weighted by molar-refractivity contribution is -0.0562. The van der Waals surface area contributed by atoms with Crippen molar-refractivity contribution in [3.63, 3.8) is 0 Å². The zero-order chi connectivity index (χ0) is 29.0. The molecule has 2 N–H and O–H groups in total. The Bertz CT molecular complexity index is 1670. The van der Waals surface area contributed by atoms with Gasteiger partial charge in [-0.2, -0.15) is 5.10 Å². The second-order valence-corrected chi connectivity index (χ2v) is 13.7. The van der Waals surface area contributed by atoms with Gasteiger partial charge in [0.25, 0.3) is 10.0 Å². The van der Waals surface area contributed by atoms with Crippen molar-refractivity contribution >= 4 is 38.2 Å². The number of halogens is 2. The summed E-state index contributed by atoms with van der Waals surface area (Å²) in [4.78, 5) is 6.77. The number of anilines is 1. The van der Waals surface area contributed by atoms with Gasteiger partial charge in [0.15, 0.2) is 0 Å². The molecule has 0 radical (unpaired) electrons. The van der Waals surface area contributed by atoms with E-state index in [0.29, 0.717) is 11.6 Å². The van der Waals surface area contributed by atoms with Gasteiger partial charge in [0.2, 0.25) is 5.88 Å². The smallest absolute Gasteiger partial charge is 0.264 e. The summed E-state index contributed by atoms with van der Waals surface area (Å²) in [6.07, 6.45) is 1.66. The number of rotatable bonds is 6. The number of nitrogens with zero attached hydrogens (tertiary/aromatic N) is 3. The molecule has 8 nitrogen and oxygen atoms in total. The van der Waals surface area contributed by atoms with Crippen LogP contribution in [0.25, 0.3) is 22.2 Å². The molecule has 1 aliphatic heterocycles. The average Bonchev–Trinajstić information content (AvgIpc) is 3.24. The van der Waals surface area contributed by atoms with Gasteiger partial charge in [0.1, 0.15) is 16.8 Å². The maximum Gasteiger partial charge on any atom is 0.264 e. The Hall–Kier alpha value is -3.21. The van der Waals surface area contributed by atoms with Crippen LogP contribution in [0.1, 0.15) is 46.2 Å². The number of pyridine rings is 1. The van der Waals surface area contributed by atoms with Gasteiger partial charge in [-0.15, -0.1) is 0 Å². The number of fused-ring (bicyclic) bond motifs is 1. The van der Waals surface area contributed by atoms with Crippen LogP contribution in [-0.2, 0) is 10.0 Å². The van der Waals surface area contributed by atoms with Crippen molar-refractivity contribution < 1.29 is 17.5 Å². The molecule has 2 aromatic carbocycles. The molecule has 5 rings (SSSR count). The molecule has 1 fully saturated rings. The molecule has 1 aliphatic rings. The highest BCUT2D eigenvalue weighted by Crippen LogP contribution is 2.40. The van der Waals surface area contributed by atoms with Crippen LogP contribution in [0.15, 0.2) is 53.4 Å². The third-order valence-corrected chi connectivity index (χ3v) is 9.48. The van der Waals surface area contributed by atoms with E-state index < -0.39 is 20.7 Å². The van der Waals surface area contributed by atoms with Gasteiger partial charge >= 0.3 is 0 Å². The number of piperidine rings is 1. The molecule has 0 unspecified atom stereocenters. The third kappa shape index (κ3) is 5.40. The minimum atomic E-state index is -4.18. The first-order chi connectivity index (χ1) is 18.7. The van der Waals surface area contributed by atoms with Crippen molar-refractivity contribution in [3.05, 3.63) is 65.1 Å². The fourth-order valence-corrected chi connectivity index (χ4v) is 6.91. The minimum Gasteiger partial charge on any atom is -0.474 e. The van der Waals surface area contributed by atoms with Gasteiger partial charge in [-0.05, 0) is 78.1 Å². The van der Waals surface area contributed by atoms with E-state index in [1.807, 2.05) is 13.0 Å². The maximum atomic E-state index is 14.2. The fourth-order valence-electron chi connectivity index (χ4n) is 5.51. The van der Waals surface area contributed by atoms with E-state index in [9.17, 15) is 12.8 Å². The van der Waals surface area contributed by atoms with Crippen molar-refractivity contribution in [2.45, 2.75) is 69.5 Å². The Kier molecular flexibility index (Phi) is 7.09. The number of aromatic nitrogens is 3. The number of H-pyrrole nitrogens is 1. The largest absolute Gasteiger partial charge is 0.474 e. The molecule has 2 aromatic heterocycles. The number of benzene rings is 2. The molecule has 40 heavy (non-hydrogen) atoms. The number of hydrogen-bond acceptors (Lipinski definition) is 6. The molecule has 0 saturated carbocycles. The van der Waals surface area contributed by atoms with Gasteiger partial charge in [0, 0.05) is 45.9 Å². The lowest BCUT2D eigenvalue weighted by atomic mass is 9.79. The summed E-state index contributed by atoms with van der Waals surface area (Å²) in [6.45, 7) is 10.8. The molecule has 1 saturated heterocycles. The van der Waals surface area contributed by atoms with Crippen LogP contribution >= 0.6 is 11.6 Å². The van der Waals surface area contributed by atoms with E-state index in [1.54, 1.807) is 24.3 Å². The van der Waals surface area contributed by atoms with Crippen LogP contribution in [0.4, 0.5) is 10.1 Å². The Balaban J connectivity index is 1.44. The van der Waals surface area contributed by atoms with Crippen LogP contribution < -0.4 is 9.46 Å². The summed E-state index contributed by atoms with van der Waals surface area (Å²) in [5, 5.41) is 8.45. The van der Waals surface area contributed by atoms with Gasteiger partial charge in [-0.25, -0.2) is 17.8 Å². The summed E-state index contributed by atoms with van der Waals surface area (Å²) in [5.74, 6) is -0.370. The van der Waals surface area contributed by atoms with Gasteiger partial charge in [-0.1, -0.05) is 23.7 Å². The number of likely N-dealkylation sites (tertiary alicyclic amines) is 1. The zero-order valence-electron chi connectivity index (χ0n) is 23.3. The molecule has 4 aromatic rings. The molecule has 0 spiro atoms. The number of hydrogen-bond donors (Lipinski definition) is 2. The fraction of sp³-hybridized carbons (Fsp3) is 0.379. The summed E-state index contributed by atoms with van der Waals surface area (Å²) < 4.78 is 48.7. The SMILES string of the molecule is Cc1[nH]nc2cc(-c3ccc(NS(=O)(=O)c4cc(Cl)ccc4F)cc3)nc(OC3CC(C)(C)N(C)C(C)(C)C3)c12. The minimum absolute atomic E-state index is 0.0369. The summed E-state index contributed by atoms with van der Waals surface area (Å²) in [6, 6.07) is 11.9. The lowest BCUT2D eigenvalue weighted by Crippen LogP contribution is -2.60. The topological polar surface area (TPSA) is 100 Å². The normalized spacial score (nSPS) is 17.7. The summed E-state index contributed by atoms with van der Waals surface area (Å²) in [7, 11) is -2.02. The van der Waals surface area contributed by atoms with Crippen molar-refractivity contribution in [2.75, 3.05) is 11.8 Å². The predicted molar refractivity (Wildman–Crippen MR) is 156 cm³/mol. The van der Waals surface area contributed by atoms with E-state index in [1.165, 1.54) is 6.07 Å². The Morgan fingerprint density at radius 1 is 1.07 bits per heavy atom. The van der Waals surface area contributed by atoms with Crippen LogP contribution in [0.2, 0.25) is 5.02 Å². The highest BCUT2D eigenvalue weighted by molar-refractivity contribution is 7.92. The molecule has 3 heterocycles. The predicted octanol–water partition coefficient (Wildman–Crippen LogP) is 6.56. The van der Waals surface area contributed by atoms with Crippen molar-refractivity contribution in [3.8, 4) is 17.1 Å². The van der Waals surface area contributed by atoms with E-state index in [-0.39, 0.29) is 27.9 Å². The van der Waals surface area contributed by atoms with Crippen molar-refractivity contribution in [1.82, 2.24) is 20.1 Å². The van der Waals surface area contributed by atoms with Crippen LogP contribution in [-0.4, -0.2) is 52.7 Å².